The molecule has 0 aromatic heterocycles. The van der Waals surface area contributed by atoms with Crippen LogP contribution in [-0.2, 0) is 9.59 Å². The van der Waals surface area contributed by atoms with Crippen LogP contribution in [0, 0.1) is 12.3 Å². The first kappa shape index (κ1) is 17.8. The van der Waals surface area contributed by atoms with Gasteiger partial charge in [-0.25, -0.2) is 4.99 Å². The summed E-state index contributed by atoms with van der Waals surface area (Å²) in [6, 6.07) is -0.463. The van der Waals surface area contributed by atoms with Crippen molar-refractivity contribution in [1.82, 2.24) is 15.1 Å². The number of nitrogens with zero attached hydrogens (tertiary/aromatic N) is 3. The van der Waals surface area contributed by atoms with Gasteiger partial charge in [0.15, 0.2) is 0 Å². The summed E-state index contributed by atoms with van der Waals surface area (Å²) >= 11 is 0. The Balaban J connectivity index is 2.26. The SMILES string of the molecule is C#CC/C=C(\C=C/C)[C@@H](C(=O)N1CCCC1)N1C=NC(NC=O)C1. The number of carbonyl (C=O) groups excluding carboxylic acids is 2. The highest BCUT2D eigenvalue weighted by Gasteiger charge is 2.34. The lowest BCUT2D eigenvalue weighted by atomic mass is 10.0. The van der Waals surface area contributed by atoms with Crippen LogP contribution >= 0.6 is 0 Å². The highest BCUT2D eigenvalue weighted by atomic mass is 16.2. The Hall–Kier alpha value is -2.55. The van der Waals surface area contributed by atoms with Crippen molar-refractivity contribution in [3.63, 3.8) is 0 Å². The van der Waals surface area contributed by atoms with Crippen LogP contribution in [0.15, 0.2) is 28.8 Å². The third kappa shape index (κ3) is 4.25. The van der Waals surface area contributed by atoms with E-state index in [1.54, 1.807) is 6.34 Å². The fourth-order valence-corrected chi connectivity index (χ4v) is 3.03. The molecule has 128 valence electrons. The van der Waals surface area contributed by atoms with Crippen LogP contribution in [0.1, 0.15) is 26.2 Å². The minimum atomic E-state index is -0.463. The van der Waals surface area contributed by atoms with Gasteiger partial charge in [-0.3, -0.25) is 9.59 Å². The number of nitrogens with one attached hydrogen (secondary N) is 1. The van der Waals surface area contributed by atoms with Gasteiger partial charge < -0.3 is 15.1 Å². The van der Waals surface area contributed by atoms with E-state index in [1.807, 2.05) is 35.0 Å². The fourth-order valence-electron chi connectivity index (χ4n) is 3.03. The molecule has 2 aliphatic heterocycles. The number of amides is 2. The summed E-state index contributed by atoms with van der Waals surface area (Å²) in [7, 11) is 0. The Bertz CT molecular complexity index is 582. The number of likely N-dealkylation sites (tertiary alicyclic amines) is 1. The number of rotatable bonds is 7. The van der Waals surface area contributed by atoms with E-state index in [0.717, 1.165) is 31.5 Å². The summed E-state index contributed by atoms with van der Waals surface area (Å²) in [6.45, 7) is 3.95. The maximum atomic E-state index is 13.1. The summed E-state index contributed by atoms with van der Waals surface area (Å²) in [5.74, 6) is 2.66. The first-order chi connectivity index (χ1) is 11.7. The lowest BCUT2D eigenvalue weighted by Gasteiger charge is -2.31. The van der Waals surface area contributed by atoms with Gasteiger partial charge >= 0.3 is 0 Å². The molecule has 1 unspecified atom stereocenters. The van der Waals surface area contributed by atoms with Crippen molar-refractivity contribution in [2.75, 3.05) is 19.6 Å². The van der Waals surface area contributed by atoms with E-state index in [-0.39, 0.29) is 12.1 Å². The topological polar surface area (TPSA) is 65.0 Å². The molecule has 6 nitrogen and oxygen atoms in total. The van der Waals surface area contributed by atoms with Crippen molar-refractivity contribution in [1.29, 1.82) is 0 Å². The molecule has 0 saturated carbocycles. The third-order valence-corrected chi connectivity index (χ3v) is 4.15. The van der Waals surface area contributed by atoms with Crippen molar-refractivity contribution in [2.45, 2.75) is 38.4 Å². The maximum Gasteiger partial charge on any atom is 0.249 e. The molecular formula is C18H24N4O2. The molecule has 0 spiro atoms. The van der Waals surface area contributed by atoms with Crippen molar-refractivity contribution >= 4 is 18.7 Å². The molecule has 1 fully saturated rings. The zero-order chi connectivity index (χ0) is 17.4. The largest absolute Gasteiger partial charge is 0.343 e. The van der Waals surface area contributed by atoms with E-state index < -0.39 is 6.04 Å². The number of hydrogen-bond acceptors (Lipinski definition) is 4. The second-order valence-corrected chi connectivity index (χ2v) is 5.81. The number of terminal acetylenes is 1. The molecule has 2 aliphatic rings. The second kappa shape index (κ2) is 8.92. The molecule has 0 bridgehead atoms. The van der Waals surface area contributed by atoms with Gasteiger partial charge in [0.1, 0.15) is 12.2 Å². The summed E-state index contributed by atoms with van der Waals surface area (Å²) in [4.78, 5) is 31.7. The molecule has 0 aromatic carbocycles. The minimum absolute atomic E-state index is 0.0621. The molecule has 2 heterocycles. The Labute approximate surface area is 143 Å². The molecule has 2 atom stereocenters. The van der Waals surface area contributed by atoms with Gasteiger partial charge in [0.05, 0.1) is 12.9 Å². The van der Waals surface area contributed by atoms with Gasteiger partial charge in [-0.05, 0) is 25.3 Å². The number of allylic oxidation sites excluding steroid dienone is 2. The lowest BCUT2D eigenvalue weighted by molar-refractivity contribution is -0.133. The number of hydrogen-bond donors (Lipinski definition) is 1. The van der Waals surface area contributed by atoms with Crippen LogP contribution in [0.5, 0.6) is 0 Å². The van der Waals surface area contributed by atoms with Crippen LogP contribution < -0.4 is 5.32 Å². The second-order valence-electron chi connectivity index (χ2n) is 5.81. The highest BCUT2D eigenvalue weighted by molar-refractivity contribution is 5.88. The van der Waals surface area contributed by atoms with Crippen molar-refractivity contribution < 1.29 is 9.59 Å². The van der Waals surface area contributed by atoms with Gasteiger partial charge in [-0.1, -0.05) is 18.2 Å². The van der Waals surface area contributed by atoms with Gasteiger partial charge in [-0.15, -0.1) is 12.3 Å². The summed E-state index contributed by atoms with van der Waals surface area (Å²) in [5, 5.41) is 2.64. The molecule has 1 saturated heterocycles. The third-order valence-electron chi connectivity index (χ3n) is 4.15. The Morgan fingerprint density at radius 2 is 2.25 bits per heavy atom. The van der Waals surface area contributed by atoms with Gasteiger partial charge in [0.25, 0.3) is 0 Å². The van der Waals surface area contributed by atoms with Crippen molar-refractivity contribution in [3.8, 4) is 12.3 Å². The molecule has 24 heavy (non-hydrogen) atoms. The monoisotopic (exact) mass is 328 g/mol. The molecule has 6 heteroatoms. The van der Waals surface area contributed by atoms with E-state index in [2.05, 4.69) is 16.2 Å². The summed E-state index contributed by atoms with van der Waals surface area (Å²) in [6.07, 6.45) is 15.6. The fraction of sp³-hybridized carbons (Fsp3) is 0.500. The zero-order valence-electron chi connectivity index (χ0n) is 14.0. The van der Waals surface area contributed by atoms with E-state index in [9.17, 15) is 9.59 Å². The van der Waals surface area contributed by atoms with Gasteiger partial charge in [-0.2, -0.15) is 0 Å². The van der Waals surface area contributed by atoms with E-state index in [4.69, 9.17) is 6.42 Å². The highest BCUT2D eigenvalue weighted by Crippen LogP contribution is 2.21. The minimum Gasteiger partial charge on any atom is -0.343 e. The molecule has 0 radical (unpaired) electrons. The first-order valence-electron chi connectivity index (χ1n) is 8.25. The molecule has 1 N–H and O–H groups in total. The first-order valence-corrected chi connectivity index (χ1v) is 8.25. The summed E-state index contributed by atoms with van der Waals surface area (Å²) < 4.78 is 0. The van der Waals surface area contributed by atoms with Crippen LogP contribution in [0.25, 0.3) is 0 Å². The van der Waals surface area contributed by atoms with Crippen LogP contribution in [0.4, 0.5) is 0 Å². The molecule has 2 amide bonds. The predicted molar refractivity (Wildman–Crippen MR) is 94.1 cm³/mol. The quantitative estimate of drug-likeness (QED) is 0.429. The standard InChI is InChI=1S/C18H24N4O2/c1-3-5-9-15(8-4-2)17(18(24)21-10-6-7-11-21)22-12-16(19-13-22)20-14-23/h1,4,8-9,13-14,16-17H,5-7,10-12H2,2H3,(H,20,23)/b8-4-,15-9+/t16?,17-/m0/s1. The molecule has 2 rings (SSSR count). The molecular weight excluding hydrogens is 304 g/mol. The van der Waals surface area contributed by atoms with Crippen molar-refractivity contribution in [2.24, 2.45) is 4.99 Å². The van der Waals surface area contributed by atoms with E-state index in [0.29, 0.717) is 19.4 Å². The average Bonchev–Trinajstić information content (AvgIpc) is 3.25. The van der Waals surface area contributed by atoms with Gasteiger partial charge in [0.2, 0.25) is 12.3 Å². The molecule has 0 aromatic rings. The van der Waals surface area contributed by atoms with E-state index >= 15 is 0 Å². The van der Waals surface area contributed by atoms with Crippen LogP contribution in [0.2, 0.25) is 0 Å². The zero-order valence-corrected chi connectivity index (χ0v) is 14.0. The lowest BCUT2D eigenvalue weighted by Crippen LogP contribution is -2.49. The maximum absolute atomic E-state index is 13.1. The smallest absolute Gasteiger partial charge is 0.249 e. The number of aliphatic imine (C=N–C) groups is 1. The number of carbonyl (C=O) groups is 2. The Morgan fingerprint density at radius 3 is 2.88 bits per heavy atom. The predicted octanol–water partition coefficient (Wildman–Crippen LogP) is 0.919. The van der Waals surface area contributed by atoms with E-state index in [1.165, 1.54) is 0 Å². The Kier molecular flexibility index (Phi) is 6.62. The van der Waals surface area contributed by atoms with Crippen LogP contribution in [0.3, 0.4) is 0 Å². The normalized spacial score (nSPS) is 22.0. The van der Waals surface area contributed by atoms with Crippen LogP contribution in [-0.4, -0.2) is 60.3 Å². The van der Waals surface area contributed by atoms with Crippen molar-refractivity contribution in [3.05, 3.63) is 23.8 Å². The molecule has 0 aliphatic carbocycles. The van der Waals surface area contributed by atoms with Gasteiger partial charge in [0, 0.05) is 19.5 Å². The summed E-state index contributed by atoms with van der Waals surface area (Å²) in [5.41, 5.74) is 0.866. The Morgan fingerprint density at radius 1 is 1.50 bits per heavy atom. The average molecular weight is 328 g/mol.